The highest BCUT2D eigenvalue weighted by molar-refractivity contribution is 6.31. The summed E-state index contributed by atoms with van der Waals surface area (Å²) in [5, 5.41) is -0.345. The minimum atomic E-state index is -4.49. The van der Waals surface area contributed by atoms with Crippen molar-refractivity contribution in [2.24, 2.45) is 0 Å². The van der Waals surface area contributed by atoms with E-state index >= 15 is 0 Å². The van der Waals surface area contributed by atoms with E-state index < -0.39 is 17.7 Å². The highest BCUT2D eigenvalue weighted by Crippen LogP contribution is 2.35. The highest BCUT2D eigenvalue weighted by Gasteiger charge is 2.33. The van der Waals surface area contributed by atoms with Crippen LogP contribution in [0.4, 0.5) is 13.2 Å². The monoisotopic (exact) mass is 280 g/mol. The standard InChI is InChI=1S/C12H12ClF3O2/c1-2-18-11(17)6-4-8-3-5-10(13)9(7-8)12(14,15)16/h3,5,7H,2,4,6H2,1H3. The van der Waals surface area contributed by atoms with Gasteiger partial charge in [0.1, 0.15) is 0 Å². The summed E-state index contributed by atoms with van der Waals surface area (Å²) in [6, 6.07) is 3.61. The summed E-state index contributed by atoms with van der Waals surface area (Å²) < 4.78 is 42.4. The lowest BCUT2D eigenvalue weighted by atomic mass is 10.1. The van der Waals surface area contributed by atoms with Crippen LogP contribution in [0.2, 0.25) is 5.02 Å². The molecule has 1 aromatic rings. The van der Waals surface area contributed by atoms with Crippen molar-refractivity contribution in [3.8, 4) is 0 Å². The van der Waals surface area contributed by atoms with Crippen molar-refractivity contribution in [3.05, 3.63) is 34.3 Å². The largest absolute Gasteiger partial charge is 0.466 e. The van der Waals surface area contributed by atoms with Crippen LogP contribution in [0.15, 0.2) is 18.2 Å². The Balaban J connectivity index is 2.77. The average molecular weight is 281 g/mol. The summed E-state index contributed by atoms with van der Waals surface area (Å²) >= 11 is 5.48. The van der Waals surface area contributed by atoms with Crippen LogP contribution < -0.4 is 0 Å². The maximum Gasteiger partial charge on any atom is 0.417 e. The molecule has 1 rings (SSSR count). The number of carbonyl (C=O) groups excluding carboxylic acids is 1. The molecule has 6 heteroatoms. The first kappa shape index (κ1) is 14.8. The van der Waals surface area contributed by atoms with Crippen LogP contribution >= 0.6 is 11.6 Å². The molecule has 0 saturated heterocycles. The molecule has 0 aliphatic rings. The van der Waals surface area contributed by atoms with Crippen LogP contribution in [0.3, 0.4) is 0 Å². The second kappa shape index (κ2) is 6.09. The van der Waals surface area contributed by atoms with E-state index in [1.807, 2.05) is 0 Å². The molecular formula is C12H12ClF3O2. The van der Waals surface area contributed by atoms with E-state index in [2.05, 4.69) is 0 Å². The van der Waals surface area contributed by atoms with Gasteiger partial charge in [-0.3, -0.25) is 4.79 Å². The fraction of sp³-hybridized carbons (Fsp3) is 0.417. The fourth-order valence-corrected chi connectivity index (χ4v) is 1.65. The van der Waals surface area contributed by atoms with Gasteiger partial charge in [0, 0.05) is 6.42 Å². The number of hydrogen-bond donors (Lipinski definition) is 0. The Morgan fingerprint density at radius 3 is 2.61 bits per heavy atom. The summed E-state index contributed by atoms with van der Waals surface area (Å²) in [7, 11) is 0. The lowest BCUT2D eigenvalue weighted by molar-refractivity contribution is -0.143. The molecule has 0 aliphatic carbocycles. The van der Waals surface area contributed by atoms with Gasteiger partial charge in [-0.25, -0.2) is 0 Å². The van der Waals surface area contributed by atoms with E-state index in [-0.39, 0.29) is 24.5 Å². The van der Waals surface area contributed by atoms with Gasteiger partial charge in [-0.2, -0.15) is 13.2 Å². The van der Waals surface area contributed by atoms with Gasteiger partial charge in [0.05, 0.1) is 17.2 Å². The van der Waals surface area contributed by atoms with E-state index in [1.165, 1.54) is 12.1 Å². The van der Waals surface area contributed by atoms with Crippen molar-refractivity contribution < 1.29 is 22.7 Å². The zero-order valence-corrected chi connectivity index (χ0v) is 10.4. The Kier molecular flexibility index (Phi) is 5.02. The molecule has 1 aromatic carbocycles. The Labute approximate surface area is 108 Å². The van der Waals surface area contributed by atoms with Crippen molar-refractivity contribution in [1.29, 1.82) is 0 Å². The second-order valence-electron chi connectivity index (χ2n) is 3.62. The molecule has 0 bridgehead atoms. The number of carbonyl (C=O) groups is 1. The Morgan fingerprint density at radius 2 is 2.06 bits per heavy atom. The van der Waals surface area contributed by atoms with Crippen molar-refractivity contribution >= 4 is 17.6 Å². The van der Waals surface area contributed by atoms with E-state index in [1.54, 1.807) is 6.92 Å². The number of rotatable bonds is 4. The van der Waals surface area contributed by atoms with E-state index in [9.17, 15) is 18.0 Å². The number of hydrogen-bond acceptors (Lipinski definition) is 2. The highest BCUT2D eigenvalue weighted by atomic mass is 35.5. The summed E-state index contributed by atoms with van der Waals surface area (Å²) in [6.45, 7) is 1.93. The molecule has 0 unspecified atom stereocenters. The SMILES string of the molecule is CCOC(=O)CCc1ccc(Cl)c(C(F)(F)F)c1. The van der Waals surface area contributed by atoms with Crippen LogP contribution in [-0.4, -0.2) is 12.6 Å². The van der Waals surface area contributed by atoms with Crippen LogP contribution in [0.5, 0.6) is 0 Å². The van der Waals surface area contributed by atoms with Crippen LogP contribution in [0, 0.1) is 0 Å². The van der Waals surface area contributed by atoms with Crippen molar-refractivity contribution in [2.75, 3.05) is 6.61 Å². The summed E-state index contributed by atoms with van der Waals surface area (Å²) in [4.78, 5) is 11.1. The first-order valence-electron chi connectivity index (χ1n) is 5.36. The normalized spacial score (nSPS) is 11.4. The zero-order valence-electron chi connectivity index (χ0n) is 9.68. The van der Waals surface area contributed by atoms with Gasteiger partial charge in [-0.1, -0.05) is 17.7 Å². The molecule has 0 aromatic heterocycles. The van der Waals surface area contributed by atoms with Gasteiger partial charge in [0.2, 0.25) is 0 Å². The van der Waals surface area contributed by atoms with Crippen LogP contribution in [0.25, 0.3) is 0 Å². The quantitative estimate of drug-likeness (QED) is 0.783. The number of halogens is 4. The third-order valence-corrected chi connectivity index (χ3v) is 2.59. The Bertz CT molecular complexity index is 430. The van der Waals surface area contributed by atoms with Gasteiger partial charge >= 0.3 is 12.1 Å². The molecule has 0 atom stereocenters. The Morgan fingerprint density at radius 1 is 1.39 bits per heavy atom. The van der Waals surface area contributed by atoms with Crippen molar-refractivity contribution in [3.63, 3.8) is 0 Å². The summed E-state index contributed by atoms with van der Waals surface area (Å²) in [5.74, 6) is -0.430. The second-order valence-corrected chi connectivity index (χ2v) is 4.02. The maximum atomic E-state index is 12.6. The molecule has 0 N–H and O–H groups in total. The third-order valence-electron chi connectivity index (χ3n) is 2.26. The minimum absolute atomic E-state index is 0.0484. The molecule has 0 saturated carbocycles. The molecule has 0 amide bonds. The summed E-state index contributed by atoms with van der Waals surface area (Å²) in [5.41, 5.74) is -0.481. The van der Waals surface area contributed by atoms with Crippen LogP contribution in [-0.2, 0) is 22.1 Å². The third kappa shape index (κ3) is 4.22. The van der Waals surface area contributed by atoms with E-state index in [0.29, 0.717) is 5.56 Å². The van der Waals surface area contributed by atoms with Crippen molar-refractivity contribution in [2.45, 2.75) is 25.9 Å². The van der Waals surface area contributed by atoms with Gasteiger partial charge in [0.25, 0.3) is 0 Å². The maximum absolute atomic E-state index is 12.6. The molecule has 0 fully saturated rings. The summed E-state index contributed by atoms with van der Waals surface area (Å²) in [6.07, 6.45) is -4.25. The predicted octanol–water partition coefficient (Wildman–Crippen LogP) is 3.85. The van der Waals surface area contributed by atoms with E-state index in [4.69, 9.17) is 16.3 Å². The average Bonchev–Trinajstić information content (AvgIpc) is 2.27. The van der Waals surface area contributed by atoms with Gasteiger partial charge in [-0.15, -0.1) is 0 Å². The molecule has 18 heavy (non-hydrogen) atoms. The molecule has 0 aliphatic heterocycles. The molecule has 0 heterocycles. The first-order valence-corrected chi connectivity index (χ1v) is 5.73. The van der Waals surface area contributed by atoms with Gasteiger partial charge < -0.3 is 4.74 Å². The molecule has 100 valence electrons. The first-order chi connectivity index (χ1) is 8.34. The number of esters is 1. The van der Waals surface area contributed by atoms with E-state index in [0.717, 1.165) is 6.07 Å². The molecular weight excluding hydrogens is 269 g/mol. The molecule has 2 nitrogen and oxygen atoms in total. The number of ether oxygens (including phenoxy) is 1. The lowest BCUT2D eigenvalue weighted by Gasteiger charge is -2.10. The topological polar surface area (TPSA) is 26.3 Å². The minimum Gasteiger partial charge on any atom is -0.466 e. The van der Waals surface area contributed by atoms with Crippen LogP contribution in [0.1, 0.15) is 24.5 Å². The molecule has 0 radical (unpaired) electrons. The smallest absolute Gasteiger partial charge is 0.417 e. The Hall–Kier alpha value is -1.23. The molecule has 0 spiro atoms. The lowest BCUT2D eigenvalue weighted by Crippen LogP contribution is -2.08. The van der Waals surface area contributed by atoms with Gasteiger partial charge in [-0.05, 0) is 31.0 Å². The number of aryl methyl sites for hydroxylation is 1. The van der Waals surface area contributed by atoms with Crippen molar-refractivity contribution in [1.82, 2.24) is 0 Å². The zero-order chi connectivity index (χ0) is 13.8. The predicted molar refractivity (Wildman–Crippen MR) is 61.4 cm³/mol. The number of alkyl halides is 3. The van der Waals surface area contributed by atoms with Gasteiger partial charge in [0.15, 0.2) is 0 Å². The number of benzene rings is 1. The fourth-order valence-electron chi connectivity index (χ4n) is 1.42.